The molecule has 3 rings (SSSR count). The summed E-state index contributed by atoms with van der Waals surface area (Å²) >= 11 is 0. The Morgan fingerprint density at radius 1 is 1.22 bits per heavy atom. The fourth-order valence-corrected chi connectivity index (χ4v) is 3.93. The molecule has 1 aliphatic carbocycles. The Morgan fingerprint density at radius 3 is 2.57 bits per heavy atom. The van der Waals surface area contributed by atoms with E-state index >= 15 is 0 Å². The van der Waals surface area contributed by atoms with Gasteiger partial charge in [-0.25, -0.2) is 4.39 Å². The predicted octanol–water partition coefficient (Wildman–Crippen LogP) is 3.81. The van der Waals surface area contributed by atoms with Gasteiger partial charge in [-0.05, 0) is 61.8 Å². The minimum Gasteiger partial charge on any atom is -0.497 e. The van der Waals surface area contributed by atoms with Gasteiger partial charge in [0.2, 0.25) is 5.91 Å². The van der Waals surface area contributed by atoms with Crippen molar-refractivity contribution in [3.63, 3.8) is 0 Å². The highest BCUT2D eigenvalue weighted by Crippen LogP contribution is 2.30. The molecule has 0 N–H and O–H groups in total. The Kier molecular flexibility index (Phi) is 5.19. The summed E-state index contributed by atoms with van der Waals surface area (Å²) < 4.78 is 19.1. The minimum atomic E-state index is -0.157. The zero-order valence-corrected chi connectivity index (χ0v) is 13.9. The predicted molar refractivity (Wildman–Crippen MR) is 87.9 cm³/mol. The molecule has 0 atom stereocenters. The fourth-order valence-electron chi connectivity index (χ4n) is 3.93. The highest BCUT2D eigenvalue weighted by molar-refractivity contribution is 5.79. The zero-order valence-electron chi connectivity index (χ0n) is 13.9. The van der Waals surface area contributed by atoms with Crippen molar-refractivity contribution in [3.8, 4) is 5.75 Å². The number of carbonyl (C=O) groups excluding carboxylic acids is 1. The van der Waals surface area contributed by atoms with E-state index in [0.29, 0.717) is 17.6 Å². The summed E-state index contributed by atoms with van der Waals surface area (Å²) in [6.45, 7) is 1.65. The molecule has 0 radical (unpaired) electrons. The van der Waals surface area contributed by atoms with Gasteiger partial charge in [0.05, 0.1) is 7.11 Å². The van der Waals surface area contributed by atoms with Crippen LogP contribution in [0.4, 0.5) is 4.39 Å². The van der Waals surface area contributed by atoms with Crippen LogP contribution in [0, 0.1) is 17.7 Å². The van der Waals surface area contributed by atoms with Crippen molar-refractivity contribution in [2.75, 3.05) is 20.2 Å². The van der Waals surface area contributed by atoms with Crippen LogP contribution < -0.4 is 4.74 Å². The molecule has 0 aromatic heterocycles. The van der Waals surface area contributed by atoms with Crippen LogP contribution in [0.3, 0.4) is 0 Å². The number of piperidine rings is 1. The number of nitrogens with zero attached hydrogens (tertiary/aromatic N) is 1. The maximum absolute atomic E-state index is 14.0. The number of halogens is 1. The van der Waals surface area contributed by atoms with E-state index in [2.05, 4.69) is 0 Å². The molecule has 1 heterocycles. The van der Waals surface area contributed by atoms with E-state index in [1.165, 1.54) is 18.9 Å². The lowest BCUT2D eigenvalue weighted by molar-refractivity contribution is -0.136. The second kappa shape index (κ2) is 7.33. The molecule has 3 nitrogen and oxygen atoms in total. The van der Waals surface area contributed by atoms with Crippen LogP contribution in [0.25, 0.3) is 0 Å². The van der Waals surface area contributed by atoms with Crippen LogP contribution in [0.2, 0.25) is 0 Å². The summed E-state index contributed by atoms with van der Waals surface area (Å²) in [6, 6.07) is 4.93. The van der Waals surface area contributed by atoms with Crippen LogP contribution >= 0.6 is 0 Å². The molecular weight excluding hydrogens is 293 g/mol. The van der Waals surface area contributed by atoms with E-state index < -0.39 is 0 Å². The molecule has 2 aliphatic rings. The molecule has 1 aliphatic heterocycles. The fraction of sp³-hybridized carbons (Fsp3) is 0.632. The average molecular weight is 319 g/mol. The number of methoxy groups -OCH3 is 1. The van der Waals surface area contributed by atoms with Crippen molar-refractivity contribution in [2.45, 2.75) is 44.9 Å². The first-order chi connectivity index (χ1) is 11.2. The van der Waals surface area contributed by atoms with Crippen molar-refractivity contribution in [3.05, 3.63) is 29.6 Å². The van der Waals surface area contributed by atoms with Crippen LogP contribution in [-0.2, 0) is 11.2 Å². The third-order valence-corrected chi connectivity index (χ3v) is 5.39. The maximum Gasteiger partial charge on any atom is 0.225 e. The van der Waals surface area contributed by atoms with E-state index in [1.54, 1.807) is 19.2 Å². The lowest BCUT2D eigenvalue weighted by Gasteiger charge is -2.33. The van der Waals surface area contributed by atoms with Crippen LogP contribution in [-0.4, -0.2) is 31.0 Å². The normalized spacial score (nSPS) is 20.0. The number of ether oxygens (including phenoxy) is 1. The number of benzene rings is 1. The van der Waals surface area contributed by atoms with Gasteiger partial charge in [0.1, 0.15) is 11.6 Å². The molecule has 2 fully saturated rings. The smallest absolute Gasteiger partial charge is 0.225 e. The molecule has 1 saturated carbocycles. The van der Waals surface area contributed by atoms with Gasteiger partial charge in [-0.2, -0.15) is 0 Å². The summed E-state index contributed by atoms with van der Waals surface area (Å²) in [4.78, 5) is 14.5. The molecule has 0 spiro atoms. The van der Waals surface area contributed by atoms with Gasteiger partial charge in [-0.1, -0.05) is 12.8 Å². The summed E-state index contributed by atoms with van der Waals surface area (Å²) in [6.07, 6.45) is 7.18. The highest BCUT2D eigenvalue weighted by atomic mass is 19.1. The van der Waals surface area contributed by atoms with Crippen LogP contribution in [0.15, 0.2) is 18.2 Å². The molecule has 0 unspecified atom stereocenters. The highest BCUT2D eigenvalue weighted by Gasteiger charge is 2.30. The first-order valence-corrected chi connectivity index (χ1v) is 8.78. The van der Waals surface area contributed by atoms with Crippen molar-refractivity contribution in [2.24, 2.45) is 11.8 Å². The van der Waals surface area contributed by atoms with Gasteiger partial charge in [0.25, 0.3) is 0 Å². The van der Waals surface area contributed by atoms with Gasteiger partial charge in [0, 0.05) is 19.0 Å². The Hall–Kier alpha value is -1.58. The summed E-state index contributed by atoms with van der Waals surface area (Å²) in [5.41, 5.74) is 0.727. The van der Waals surface area contributed by atoms with Gasteiger partial charge in [-0.15, -0.1) is 0 Å². The standard InChI is InChI=1S/C19H26FNO2/c1-23-17-6-7-18(20)16(13-17)12-14-8-10-21(11-9-14)19(22)15-4-2-3-5-15/h6-7,13-15H,2-5,8-12H2,1H3. The quantitative estimate of drug-likeness (QED) is 0.844. The second-order valence-corrected chi connectivity index (χ2v) is 6.91. The van der Waals surface area contributed by atoms with Crippen molar-refractivity contribution in [1.82, 2.24) is 4.90 Å². The first kappa shape index (κ1) is 16.3. The van der Waals surface area contributed by atoms with E-state index in [4.69, 9.17) is 4.74 Å². The monoisotopic (exact) mass is 319 g/mol. The molecule has 0 bridgehead atoms. The van der Waals surface area contributed by atoms with E-state index in [1.807, 2.05) is 4.90 Å². The number of amides is 1. The molecule has 1 aromatic carbocycles. The largest absolute Gasteiger partial charge is 0.497 e. The molecule has 126 valence electrons. The van der Waals surface area contributed by atoms with Crippen LogP contribution in [0.5, 0.6) is 5.75 Å². The Balaban J connectivity index is 1.54. The summed E-state index contributed by atoms with van der Waals surface area (Å²) in [7, 11) is 1.60. The Labute approximate surface area is 137 Å². The van der Waals surface area contributed by atoms with Gasteiger partial charge in [0.15, 0.2) is 0 Å². The van der Waals surface area contributed by atoms with Gasteiger partial charge < -0.3 is 9.64 Å². The number of likely N-dealkylation sites (tertiary alicyclic amines) is 1. The Morgan fingerprint density at radius 2 is 1.91 bits per heavy atom. The van der Waals surface area contributed by atoms with Gasteiger partial charge >= 0.3 is 0 Å². The number of rotatable bonds is 4. The topological polar surface area (TPSA) is 29.5 Å². The maximum atomic E-state index is 14.0. The SMILES string of the molecule is COc1ccc(F)c(CC2CCN(C(=O)C3CCCC3)CC2)c1. The molecule has 1 amide bonds. The lowest BCUT2D eigenvalue weighted by Crippen LogP contribution is -2.41. The van der Waals surface area contributed by atoms with Crippen molar-refractivity contribution >= 4 is 5.91 Å². The van der Waals surface area contributed by atoms with Gasteiger partial charge in [-0.3, -0.25) is 4.79 Å². The summed E-state index contributed by atoms with van der Waals surface area (Å²) in [5, 5.41) is 0. The minimum absolute atomic E-state index is 0.157. The molecule has 23 heavy (non-hydrogen) atoms. The van der Waals surface area contributed by atoms with E-state index in [0.717, 1.165) is 50.8 Å². The van der Waals surface area contributed by atoms with E-state index in [-0.39, 0.29) is 11.7 Å². The second-order valence-electron chi connectivity index (χ2n) is 6.91. The number of carbonyl (C=O) groups is 1. The molecule has 1 saturated heterocycles. The van der Waals surface area contributed by atoms with Crippen LogP contribution in [0.1, 0.15) is 44.1 Å². The molecular formula is C19H26FNO2. The van der Waals surface area contributed by atoms with E-state index in [9.17, 15) is 9.18 Å². The third kappa shape index (κ3) is 3.85. The number of hydrogen-bond acceptors (Lipinski definition) is 2. The van der Waals surface area contributed by atoms with Crippen molar-refractivity contribution < 1.29 is 13.9 Å². The average Bonchev–Trinajstić information content (AvgIpc) is 3.11. The molecule has 4 heteroatoms. The first-order valence-electron chi connectivity index (χ1n) is 8.78. The third-order valence-electron chi connectivity index (χ3n) is 5.39. The lowest BCUT2D eigenvalue weighted by atomic mass is 9.89. The molecule has 1 aromatic rings. The number of hydrogen-bond donors (Lipinski definition) is 0. The Bertz CT molecular complexity index is 546. The van der Waals surface area contributed by atoms with Crippen molar-refractivity contribution in [1.29, 1.82) is 0 Å². The summed E-state index contributed by atoms with van der Waals surface area (Å²) in [5.74, 6) is 1.62. The zero-order chi connectivity index (χ0) is 16.2.